The van der Waals surface area contributed by atoms with E-state index in [1.54, 1.807) is 6.08 Å². The molecule has 3 saturated carbocycles. The number of allylic oxidation sites excluding steroid dienone is 3. The monoisotopic (exact) mass is 342 g/mol. The molecule has 0 unspecified atom stereocenters. The van der Waals surface area contributed by atoms with Crippen molar-refractivity contribution >= 4 is 5.78 Å². The summed E-state index contributed by atoms with van der Waals surface area (Å²) < 4.78 is 6.47. The van der Waals surface area contributed by atoms with Crippen LogP contribution in [0, 0.1) is 22.7 Å². The molecule has 4 nitrogen and oxygen atoms in total. The fraction of sp³-hybridized carbons (Fsp3) is 0.667. The van der Waals surface area contributed by atoms with Crippen molar-refractivity contribution in [3.8, 4) is 0 Å². The van der Waals surface area contributed by atoms with Crippen molar-refractivity contribution in [2.75, 3.05) is 6.61 Å². The van der Waals surface area contributed by atoms with Gasteiger partial charge in [-0.2, -0.15) is 0 Å². The van der Waals surface area contributed by atoms with Crippen LogP contribution in [-0.2, 0) is 9.53 Å². The molecule has 134 valence electrons. The van der Waals surface area contributed by atoms with Crippen LogP contribution in [0.4, 0.5) is 0 Å². The number of aliphatic hydroxyl groups excluding tert-OH is 2. The molecular formula is C21H26O4. The molecule has 1 heterocycles. The molecule has 0 aromatic rings. The predicted octanol–water partition coefficient (Wildman–Crippen LogP) is 3.23. The summed E-state index contributed by atoms with van der Waals surface area (Å²) >= 11 is 0. The Morgan fingerprint density at radius 2 is 2.04 bits per heavy atom. The van der Waals surface area contributed by atoms with E-state index in [0.717, 1.165) is 37.7 Å². The molecule has 0 bridgehead atoms. The van der Waals surface area contributed by atoms with Gasteiger partial charge in [0.2, 0.25) is 0 Å². The maximum absolute atomic E-state index is 11.9. The fourth-order valence-corrected chi connectivity index (χ4v) is 7.03. The highest BCUT2D eigenvalue weighted by atomic mass is 16.6. The molecule has 0 aromatic carbocycles. The lowest BCUT2D eigenvalue weighted by Crippen LogP contribution is -2.56. The zero-order valence-electron chi connectivity index (χ0n) is 14.9. The Hall–Kier alpha value is -1.39. The first-order chi connectivity index (χ1) is 11.9. The Bertz CT molecular complexity index is 762. The van der Waals surface area contributed by atoms with E-state index in [2.05, 4.69) is 19.9 Å². The lowest BCUT2D eigenvalue weighted by Gasteiger charge is -2.54. The number of hydrogen-bond donors (Lipinski definition) is 2. The molecule has 5 rings (SSSR count). The first-order valence-electron chi connectivity index (χ1n) is 9.51. The number of fused-ring (bicyclic) bond motifs is 3. The second kappa shape index (κ2) is 4.66. The maximum atomic E-state index is 11.9. The minimum Gasteiger partial charge on any atom is -0.510 e. The summed E-state index contributed by atoms with van der Waals surface area (Å²) in [6.45, 7) is 4.23. The number of rotatable bonds is 1. The highest BCUT2D eigenvalue weighted by Crippen LogP contribution is 2.75. The van der Waals surface area contributed by atoms with Crippen LogP contribution in [0.1, 0.15) is 46.0 Å². The quantitative estimate of drug-likeness (QED) is 0.567. The zero-order chi connectivity index (χ0) is 17.6. The van der Waals surface area contributed by atoms with E-state index >= 15 is 0 Å². The summed E-state index contributed by atoms with van der Waals surface area (Å²) in [5.41, 5.74) is 1.84. The van der Waals surface area contributed by atoms with Gasteiger partial charge in [0.05, 0.1) is 6.10 Å². The normalized spacial score (nSPS) is 51.9. The zero-order valence-corrected chi connectivity index (χ0v) is 14.9. The highest BCUT2D eigenvalue weighted by Gasteiger charge is 2.78. The minimum atomic E-state index is -0.269. The van der Waals surface area contributed by atoms with Gasteiger partial charge in [-0.25, -0.2) is 0 Å². The van der Waals surface area contributed by atoms with Crippen LogP contribution >= 0.6 is 0 Å². The smallest absolute Gasteiger partial charge is 0.178 e. The first kappa shape index (κ1) is 15.8. The van der Waals surface area contributed by atoms with E-state index in [1.807, 2.05) is 6.08 Å². The van der Waals surface area contributed by atoms with E-state index in [1.165, 1.54) is 5.57 Å². The second-order valence-electron chi connectivity index (χ2n) is 9.00. The Kier molecular flexibility index (Phi) is 2.95. The van der Waals surface area contributed by atoms with Crippen LogP contribution < -0.4 is 0 Å². The van der Waals surface area contributed by atoms with E-state index in [4.69, 9.17) is 4.74 Å². The fourth-order valence-electron chi connectivity index (χ4n) is 7.03. The highest BCUT2D eigenvalue weighted by molar-refractivity contribution is 6.01. The van der Waals surface area contributed by atoms with Gasteiger partial charge in [0, 0.05) is 5.41 Å². The summed E-state index contributed by atoms with van der Waals surface area (Å²) in [6.07, 6.45) is 10.6. The Balaban J connectivity index is 1.59. The van der Waals surface area contributed by atoms with Crippen LogP contribution in [0.15, 0.2) is 35.1 Å². The van der Waals surface area contributed by atoms with Crippen molar-refractivity contribution in [3.63, 3.8) is 0 Å². The van der Waals surface area contributed by atoms with E-state index in [-0.39, 0.29) is 40.7 Å². The minimum absolute atomic E-state index is 0.0755. The average molecular weight is 342 g/mol. The van der Waals surface area contributed by atoms with Crippen LogP contribution in [0.3, 0.4) is 0 Å². The van der Waals surface area contributed by atoms with Gasteiger partial charge in [-0.3, -0.25) is 4.79 Å². The molecule has 0 aromatic heterocycles. The molecule has 4 heteroatoms. The van der Waals surface area contributed by atoms with Crippen molar-refractivity contribution in [2.24, 2.45) is 22.7 Å². The number of aliphatic hydroxyl groups is 2. The summed E-state index contributed by atoms with van der Waals surface area (Å²) in [5.74, 6) is 1.18. The van der Waals surface area contributed by atoms with Crippen molar-refractivity contribution in [1.29, 1.82) is 0 Å². The van der Waals surface area contributed by atoms with Gasteiger partial charge in [-0.05, 0) is 74.0 Å². The van der Waals surface area contributed by atoms with E-state index < -0.39 is 0 Å². The molecule has 1 saturated heterocycles. The first-order valence-corrected chi connectivity index (χ1v) is 9.51. The topological polar surface area (TPSA) is 70.1 Å². The van der Waals surface area contributed by atoms with Gasteiger partial charge in [0.15, 0.2) is 5.78 Å². The Morgan fingerprint density at radius 1 is 1.28 bits per heavy atom. The van der Waals surface area contributed by atoms with Gasteiger partial charge in [-0.1, -0.05) is 18.6 Å². The van der Waals surface area contributed by atoms with Crippen molar-refractivity contribution in [1.82, 2.24) is 0 Å². The maximum Gasteiger partial charge on any atom is 0.178 e. The molecule has 0 radical (unpaired) electrons. The van der Waals surface area contributed by atoms with Gasteiger partial charge in [0.1, 0.15) is 18.0 Å². The second-order valence-corrected chi connectivity index (χ2v) is 9.00. The molecule has 5 aliphatic rings. The molecular weight excluding hydrogens is 316 g/mol. The van der Waals surface area contributed by atoms with Crippen LogP contribution in [0.2, 0.25) is 0 Å². The number of ketones is 1. The third kappa shape index (κ3) is 1.68. The average Bonchev–Trinajstić information content (AvgIpc) is 3.20. The lowest BCUT2D eigenvalue weighted by atomic mass is 9.48. The number of carbonyl (C=O) groups excluding carboxylic acids is 1. The molecule has 1 aliphatic heterocycles. The molecule has 6 atom stereocenters. The SMILES string of the molecule is C[C@]12C=CC(=O)C=C1CC[C@H]1[C@@H]3CC/C(=C(/O)CO)[C@@]3(C)C[C@@H]3O[C@@]312. The molecule has 25 heavy (non-hydrogen) atoms. The molecule has 0 amide bonds. The summed E-state index contributed by atoms with van der Waals surface area (Å²) in [7, 11) is 0. The molecule has 1 spiro atoms. The van der Waals surface area contributed by atoms with E-state index in [9.17, 15) is 15.0 Å². The van der Waals surface area contributed by atoms with Gasteiger partial charge in [0.25, 0.3) is 0 Å². The number of ether oxygens (including phenoxy) is 1. The van der Waals surface area contributed by atoms with Crippen molar-refractivity contribution in [3.05, 3.63) is 35.1 Å². The molecule has 4 fully saturated rings. The Morgan fingerprint density at radius 3 is 2.80 bits per heavy atom. The van der Waals surface area contributed by atoms with Crippen LogP contribution in [0.5, 0.6) is 0 Å². The lowest BCUT2D eigenvalue weighted by molar-refractivity contribution is -0.111. The third-order valence-electron chi connectivity index (χ3n) is 8.22. The number of epoxide rings is 1. The van der Waals surface area contributed by atoms with Crippen LogP contribution in [0.25, 0.3) is 0 Å². The van der Waals surface area contributed by atoms with Crippen molar-refractivity contribution < 1.29 is 19.7 Å². The number of carbonyl (C=O) groups is 1. The largest absolute Gasteiger partial charge is 0.510 e. The van der Waals surface area contributed by atoms with Gasteiger partial charge < -0.3 is 14.9 Å². The van der Waals surface area contributed by atoms with Gasteiger partial charge >= 0.3 is 0 Å². The standard InChI is InChI=1S/C21H26O4/c1-19-10-18-21(25-18)15(14(19)5-6-16(19)17(24)11-22)4-3-12-9-13(23)7-8-20(12,21)2/h7-9,14-15,18,22,24H,3-6,10-11H2,1-2H3/b17-16-/t14-,15-,18-,19-,20-,21+/m0/s1. The van der Waals surface area contributed by atoms with Crippen molar-refractivity contribution in [2.45, 2.75) is 57.7 Å². The Labute approximate surface area is 148 Å². The summed E-state index contributed by atoms with van der Waals surface area (Å²) in [5, 5.41) is 19.7. The third-order valence-corrected chi connectivity index (χ3v) is 8.22. The van der Waals surface area contributed by atoms with E-state index in [0.29, 0.717) is 11.8 Å². The number of hydrogen-bond acceptors (Lipinski definition) is 4. The molecule has 2 N–H and O–H groups in total. The summed E-state index contributed by atoms with van der Waals surface area (Å²) in [4.78, 5) is 11.9. The van der Waals surface area contributed by atoms with Gasteiger partial charge in [-0.15, -0.1) is 0 Å². The molecule has 4 aliphatic carbocycles. The van der Waals surface area contributed by atoms with Crippen LogP contribution in [-0.4, -0.2) is 34.3 Å². The predicted molar refractivity (Wildman–Crippen MR) is 92.9 cm³/mol. The summed E-state index contributed by atoms with van der Waals surface area (Å²) in [6, 6.07) is 0.